The maximum absolute atomic E-state index is 15.9. The number of carbonyl (C=O) groups is 4. The number of carboxylic acid groups (broad SMARTS) is 1. The molecule has 5 N–H and O–H groups in total. The Bertz CT molecular complexity index is 1740. The van der Waals surface area contributed by atoms with E-state index in [2.05, 4.69) is 10.6 Å². The number of anilines is 1. The summed E-state index contributed by atoms with van der Waals surface area (Å²) < 4.78 is 17.6. The lowest BCUT2D eigenvalue weighted by atomic mass is 9.82. The number of carboxylic acids is 1. The van der Waals surface area contributed by atoms with Crippen LogP contribution in [0.4, 0.5) is 10.1 Å². The van der Waals surface area contributed by atoms with E-state index < -0.39 is 34.9 Å². The third kappa shape index (κ3) is 6.41. The van der Waals surface area contributed by atoms with Crippen LogP contribution in [0.15, 0.2) is 29.2 Å². The van der Waals surface area contributed by atoms with Crippen LogP contribution in [0.5, 0.6) is 0 Å². The molecule has 12 nitrogen and oxygen atoms in total. The highest BCUT2D eigenvalue weighted by molar-refractivity contribution is 6.38. The number of likely N-dealkylation sites (tertiary alicyclic amines) is 1. The lowest BCUT2D eigenvalue weighted by molar-refractivity contribution is -0.138. The first-order valence-corrected chi connectivity index (χ1v) is 17.1. The zero-order valence-corrected chi connectivity index (χ0v) is 27.8. The minimum atomic E-state index is -1.38. The Morgan fingerprint density at radius 3 is 2.58 bits per heavy atom. The highest BCUT2D eigenvalue weighted by atomic mass is 35.5. The van der Waals surface area contributed by atoms with Gasteiger partial charge >= 0.3 is 5.97 Å². The van der Waals surface area contributed by atoms with E-state index in [-0.39, 0.29) is 70.2 Å². The molecule has 0 spiro atoms. The van der Waals surface area contributed by atoms with Gasteiger partial charge in [0.1, 0.15) is 23.5 Å². The molecular formula is C34H42ClFN6O6. The standard InChI is InChI=1S/C34H42ClFN6O6/c1-17(2)11-25(39-33(46)26-7-4-10-41(26)27(43)13-37)32(45)38-24-6-3-5-18-14-40(15-21(18)24)30-23(36)12-20-29(28(30)35)42(19-8-9-19)16-22(31(20)44)34(47)48/h3,6,12,16-19,21,24-26H,4-5,7-11,13-15,37H2,1-2H3,(H,38,45)(H,39,46)(H,47,48)/t18?,21?,24?,25-,26-/m0/s1. The van der Waals surface area contributed by atoms with Crippen molar-refractivity contribution < 1.29 is 28.7 Å². The van der Waals surface area contributed by atoms with E-state index in [0.29, 0.717) is 50.8 Å². The van der Waals surface area contributed by atoms with Crippen LogP contribution in [0, 0.1) is 23.6 Å². The summed E-state index contributed by atoms with van der Waals surface area (Å²) in [6.07, 6.45) is 9.14. The molecule has 258 valence electrons. The van der Waals surface area contributed by atoms with Crippen molar-refractivity contribution in [1.82, 2.24) is 20.1 Å². The molecule has 0 bridgehead atoms. The second kappa shape index (κ2) is 13.5. The van der Waals surface area contributed by atoms with Gasteiger partial charge in [0.2, 0.25) is 23.2 Å². The van der Waals surface area contributed by atoms with Gasteiger partial charge in [-0.05, 0) is 56.4 Å². The summed E-state index contributed by atoms with van der Waals surface area (Å²) in [6, 6.07) is -0.806. The fourth-order valence-corrected chi connectivity index (χ4v) is 8.05. The van der Waals surface area contributed by atoms with E-state index >= 15 is 4.39 Å². The number of nitrogens with zero attached hydrogens (tertiary/aromatic N) is 3. The minimum Gasteiger partial charge on any atom is -0.477 e. The van der Waals surface area contributed by atoms with Crippen molar-refractivity contribution in [2.75, 3.05) is 31.1 Å². The molecule has 1 aromatic heterocycles. The van der Waals surface area contributed by atoms with Crippen LogP contribution in [0.3, 0.4) is 0 Å². The largest absolute Gasteiger partial charge is 0.477 e. The SMILES string of the molecule is CC(C)C[C@H](NC(=O)[C@@H]1CCCN1C(=O)CN)C(=O)NC1C=CCC2CN(c3c(F)cc4c(=O)c(C(=O)O)cn(C5CC5)c4c3Cl)CC21. The van der Waals surface area contributed by atoms with Crippen molar-refractivity contribution in [2.45, 2.75) is 76.5 Å². The second-order valence-corrected chi connectivity index (χ2v) is 14.3. The summed E-state index contributed by atoms with van der Waals surface area (Å²) in [5.74, 6) is -3.02. The highest BCUT2D eigenvalue weighted by Gasteiger charge is 2.42. The Labute approximate surface area is 282 Å². The van der Waals surface area contributed by atoms with E-state index in [0.717, 1.165) is 18.9 Å². The molecule has 3 heterocycles. The first-order chi connectivity index (χ1) is 22.9. The van der Waals surface area contributed by atoms with Crippen molar-refractivity contribution in [1.29, 1.82) is 0 Å². The lowest BCUT2D eigenvalue weighted by Gasteiger charge is -2.32. The topological polar surface area (TPSA) is 167 Å². The van der Waals surface area contributed by atoms with Crippen LogP contribution in [0.2, 0.25) is 5.02 Å². The monoisotopic (exact) mass is 684 g/mol. The molecule has 6 rings (SSSR count). The molecule has 3 fully saturated rings. The Morgan fingerprint density at radius 1 is 1.17 bits per heavy atom. The average molecular weight is 685 g/mol. The second-order valence-electron chi connectivity index (χ2n) is 13.9. The number of halogens is 2. The van der Waals surface area contributed by atoms with Crippen molar-refractivity contribution in [3.05, 3.63) is 51.0 Å². The van der Waals surface area contributed by atoms with Gasteiger partial charge in [0.15, 0.2) is 0 Å². The number of aromatic carboxylic acids is 1. The quantitative estimate of drug-likeness (QED) is 0.277. The first kappa shape index (κ1) is 33.9. The fourth-order valence-electron chi connectivity index (χ4n) is 7.64. The normalized spacial score (nSPS) is 24.2. The number of benzene rings is 1. The summed E-state index contributed by atoms with van der Waals surface area (Å²) in [5, 5.41) is 15.6. The maximum atomic E-state index is 15.9. The van der Waals surface area contributed by atoms with Crippen LogP contribution in [0.25, 0.3) is 10.9 Å². The molecule has 2 aromatic rings. The third-order valence-electron chi connectivity index (χ3n) is 10.1. The molecule has 5 atom stereocenters. The Balaban J connectivity index is 1.22. The number of nitrogens with two attached hydrogens (primary N) is 1. The molecule has 48 heavy (non-hydrogen) atoms. The third-order valence-corrected chi connectivity index (χ3v) is 10.5. The molecule has 3 amide bonds. The van der Waals surface area contributed by atoms with E-state index in [1.807, 2.05) is 30.9 Å². The summed E-state index contributed by atoms with van der Waals surface area (Å²) in [6.45, 7) is 5.03. The number of rotatable bonds is 10. The number of pyridine rings is 1. The summed E-state index contributed by atoms with van der Waals surface area (Å²) in [7, 11) is 0. The minimum absolute atomic E-state index is 0.0240. The number of hydrogen-bond donors (Lipinski definition) is 4. The van der Waals surface area contributed by atoms with Crippen molar-refractivity contribution >= 4 is 51.9 Å². The smallest absolute Gasteiger partial charge is 0.341 e. The van der Waals surface area contributed by atoms with E-state index in [1.165, 1.54) is 11.1 Å². The molecular weight excluding hydrogens is 643 g/mol. The van der Waals surface area contributed by atoms with Crippen LogP contribution in [0.1, 0.15) is 68.8 Å². The molecule has 4 aliphatic rings. The van der Waals surface area contributed by atoms with Gasteiger partial charge in [0.05, 0.1) is 34.2 Å². The van der Waals surface area contributed by atoms with Gasteiger partial charge in [-0.2, -0.15) is 0 Å². The molecule has 1 saturated carbocycles. The molecule has 1 aromatic carbocycles. The summed E-state index contributed by atoms with van der Waals surface area (Å²) in [5.41, 5.74) is 4.82. The van der Waals surface area contributed by atoms with E-state index in [1.54, 1.807) is 4.57 Å². The van der Waals surface area contributed by atoms with Crippen molar-refractivity contribution in [3.63, 3.8) is 0 Å². The zero-order chi connectivity index (χ0) is 34.4. The van der Waals surface area contributed by atoms with Gasteiger partial charge in [-0.15, -0.1) is 0 Å². The Kier molecular flexibility index (Phi) is 9.54. The molecule has 2 aliphatic carbocycles. The predicted molar refractivity (Wildman–Crippen MR) is 178 cm³/mol. The van der Waals surface area contributed by atoms with E-state index in [9.17, 15) is 29.1 Å². The number of nitrogens with one attached hydrogen (secondary N) is 2. The molecule has 0 radical (unpaired) electrons. The average Bonchev–Trinajstić information content (AvgIpc) is 3.59. The number of aromatic nitrogens is 1. The van der Waals surface area contributed by atoms with Gasteiger partial charge in [-0.3, -0.25) is 19.2 Å². The molecule has 14 heteroatoms. The van der Waals surface area contributed by atoms with Crippen molar-refractivity contribution in [2.24, 2.45) is 23.5 Å². The van der Waals surface area contributed by atoms with Crippen LogP contribution in [-0.4, -0.2) is 82.6 Å². The van der Waals surface area contributed by atoms with E-state index in [4.69, 9.17) is 17.3 Å². The predicted octanol–water partition coefficient (Wildman–Crippen LogP) is 2.80. The fraction of sp³-hybridized carbons (Fsp3) is 0.559. The van der Waals surface area contributed by atoms with Crippen LogP contribution in [-0.2, 0) is 14.4 Å². The van der Waals surface area contributed by atoms with Gasteiger partial charge < -0.3 is 35.8 Å². The maximum Gasteiger partial charge on any atom is 0.341 e. The number of allylic oxidation sites excluding steroid dienone is 1. The Hall–Kier alpha value is -3.97. The van der Waals surface area contributed by atoms with Gasteiger partial charge in [0.25, 0.3) is 0 Å². The highest BCUT2D eigenvalue weighted by Crippen LogP contribution is 2.44. The number of hydrogen-bond acceptors (Lipinski definition) is 7. The van der Waals surface area contributed by atoms with Gasteiger partial charge in [-0.1, -0.05) is 37.6 Å². The van der Waals surface area contributed by atoms with Crippen LogP contribution < -0.4 is 26.7 Å². The zero-order valence-electron chi connectivity index (χ0n) is 27.1. The van der Waals surface area contributed by atoms with Crippen LogP contribution >= 0.6 is 11.6 Å². The molecule has 2 aliphatic heterocycles. The number of carbonyl (C=O) groups excluding carboxylic acids is 3. The molecule has 3 unspecified atom stereocenters. The number of amides is 3. The van der Waals surface area contributed by atoms with Crippen molar-refractivity contribution in [3.8, 4) is 0 Å². The summed E-state index contributed by atoms with van der Waals surface area (Å²) >= 11 is 6.91. The molecule has 2 saturated heterocycles. The summed E-state index contributed by atoms with van der Waals surface area (Å²) in [4.78, 5) is 67.5. The lowest BCUT2D eigenvalue weighted by Crippen LogP contribution is -2.56. The Morgan fingerprint density at radius 2 is 1.92 bits per heavy atom. The van der Waals surface area contributed by atoms with Gasteiger partial charge in [-0.25, -0.2) is 9.18 Å². The van der Waals surface area contributed by atoms with Gasteiger partial charge in [0, 0.05) is 37.8 Å². The first-order valence-electron chi connectivity index (χ1n) is 16.7. The number of fused-ring (bicyclic) bond motifs is 2.